The Morgan fingerprint density at radius 2 is 1.96 bits per heavy atom. The Kier molecular flexibility index (Phi) is 5.94. The van der Waals surface area contributed by atoms with E-state index in [2.05, 4.69) is 55.9 Å². The van der Waals surface area contributed by atoms with E-state index in [0.717, 1.165) is 42.2 Å². The molecule has 2 rings (SSSR count). The second-order valence-electron chi connectivity index (χ2n) is 6.54. The third kappa shape index (κ3) is 3.81. The van der Waals surface area contributed by atoms with Crippen LogP contribution in [0, 0.1) is 5.92 Å². The summed E-state index contributed by atoms with van der Waals surface area (Å²) in [4.78, 5) is 0. The van der Waals surface area contributed by atoms with Crippen molar-refractivity contribution in [2.45, 2.75) is 46.6 Å². The van der Waals surface area contributed by atoms with E-state index in [1.54, 1.807) is 7.11 Å². The van der Waals surface area contributed by atoms with E-state index in [0.29, 0.717) is 12.0 Å². The lowest BCUT2D eigenvalue weighted by molar-refractivity contribution is 0.250. The number of nitrogen functional groups attached to an aromatic ring is 1. The Morgan fingerprint density at radius 1 is 1.26 bits per heavy atom. The van der Waals surface area contributed by atoms with Gasteiger partial charge < -0.3 is 10.5 Å². The first-order valence-corrected chi connectivity index (χ1v) is 8.71. The Labute approximate surface area is 140 Å². The van der Waals surface area contributed by atoms with Crippen molar-refractivity contribution in [3.8, 4) is 5.75 Å². The molecule has 0 bridgehead atoms. The van der Waals surface area contributed by atoms with Gasteiger partial charge in [-0.25, -0.2) is 5.01 Å². The molecule has 1 heterocycles. The maximum Gasteiger partial charge on any atom is 0.121 e. The molecule has 0 saturated carbocycles. The van der Waals surface area contributed by atoms with Crippen molar-refractivity contribution in [1.82, 2.24) is 5.01 Å². The second-order valence-corrected chi connectivity index (χ2v) is 6.54. The van der Waals surface area contributed by atoms with Gasteiger partial charge in [0.2, 0.25) is 0 Å². The van der Waals surface area contributed by atoms with Crippen LogP contribution in [0.3, 0.4) is 0 Å². The molecule has 4 nitrogen and oxygen atoms in total. The lowest BCUT2D eigenvalue weighted by Crippen LogP contribution is -2.50. The van der Waals surface area contributed by atoms with Gasteiger partial charge in [-0.2, -0.15) is 0 Å². The molecular formula is C19H31N3O. The van der Waals surface area contributed by atoms with Crippen LogP contribution in [0.25, 0.3) is 6.08 Å². The van der Waals surface area contributed by atoms with E-state index in [1.807, 2.05) is 6.07 Å². The summed E-state index contributed by atoms with van der Waals surface area (Å²) in [6, 6.07) is 4.35. The highest BCUT2D eigenvalue weighted by Gasteiger charge is 2.28. The highest BCUT2D eigenvalue weighted by Crippen LogP contribution is 2.39. The summed E-state index contributed by atoms with van der Waals surface area (Å²) < 4.78 is 5.37. The summed E-state index contributed by atoms with van der Waals surface area (Å²) in [6.07, 6.45) is 6.84. The van der Waals surface area contributed by atoms with Gasteiger partial charge in [0.1, 0.15) is 5.75 Å². The lowest BCUT2D eigenvalue weighted by atomic mass is 9.97. The zero-order valence-electron chi connectivity index (χ0n) is 15.2. The number of nitrogens with two attached hydrogens (primary N) is 1. The molecule has 0 aliphatic carbocycles. The number of fused-ring (bicyclic) bond motifs is 1. The number of hydrogen-bond acceptors (Lipinski definition) is 4. The third-order valence-electron chi connectivity index (χ3n) is 4.49. The normalized spacial score (nSPS) is 17.0. The minimum absolute atomic E-state index is 0.362. The fourth-order valence-electron chi connectivity index (χ4n) is 3.23. The zero-order chi connectivity index (χ0) is 17.0. The first-order valence-electron chi connectivity index (χ1n) is 8.71. The number of hydrogen-bond donors (Lipinski definition) is 1. The molecule has 1 aromatic carbocycles. The molecular weight excluding hydrogens is 286 g/mol. The molecule has 1 aliphatic rings. The van der Waals surface area contributed by atoms with E-state index in [-0.39, 0.29) is 0 Å². The van der Waals surface area contributed by atoms with Crippen LogP contribution in [-0.2, 0) is 0 Å². The van der Waals surface area contributed by atoms with Crippen molar-refractivity contribution in [3.63, 3.8) is 0 Å². The molecule has 4 heteroatoms. The summed E-state index contributed by atoms with van der Waals surface area (Å²) in [5.74, 6) is 1.52. The maximum atomic E-state index is 6.39. The van der Waals surface area contributed by atoms with Crippen LogP contribution >= 0.6 is 0 Å². The summed E-state index contributed by atoms with van der Waals surface area (Å²) >= 11 is 0. The maximum absolute atomic E-state index is 6.39. The molecule has 0 aromatic heterocycles. The summed E-state index contributed by atoms with van der Waals surface area (Å²) in [7, 11) is 1.68. The fourth-order valence-corrected chi connectivity index (χ4v) is 3.23. The lowest BCUT2D eigenvalue weighted by Gasteiger charge is -2.43. The van der Waals surface area contributed by atoms with Gasteiger partial charge in [0.15, 0.2) is 0 Å². The predicted octanol–water partition coefficient (Wildman–Crippen LogP) is 4.17. The van der Waals surface area contributed by atoms with E-state index in [4.69, 9.17) is 10.5 Å². The zero-order valence-corrected chi connectivity index (χ0v) is 15.2. The number of methoxy groups -OCH3 is 1. The Bertz CT molecular complexity index is 550. The average Bonchev–Trinajstić information content (AvgIpc) is 2.54. The van der Waals surface area contributed by atoms with Crippen molar-refractivity contribution < 1.29 is 4.74 Å². The van der Waals surface area contributed by atoms with Crippen LogP contribution in [0.15, 0.2) is 18.2 Å². The van der Waals surface area contributed by atoms with Gasteiger partial charge in [-0.1, -0.05) is 39.8 Å². The topological polar surface area (TPSA) is 41.7 Å². The number of hydrazine groups is 1. The van der Waals surface area contributed by atoms with Crippen LogP contribution < -0.4 is 15.5 Å². The standard InChI is InChI=1S/C19H31N3O/c1-6-21(7-2)22-16(10-8-14(3)4)11-9-15-12-17(23-5)13-18(20)19(15)22/h9,11-14,16H,6-8,10,20H2,1-5H3. The minimum Gasteiger partial charge on any atom is -0.497 e. The molecule has 1 unspecified atom stereocenters. The fraction of sp³-hybridized carbons (Fsp3) is 0.579. The van der Waals surface area contributed by atoms with Crippen LogP contribution in [0.1, 0.15) is 46.1 Å². The molecule has 1 aliphatic heterocycles. The summed E-state index contributed by atoms with van der Waals surface area (Å²) in [5.41, 5.74) is 9.42. The first-order chi connectivity index (χ1) is 11.0. The van der Waals surface area contributed by atoms with Gasteiger partial charge in [-0.3, -0.25) is 5.01 Å². The van der Waals surface area contributed by atoms with Crippen LogP contribution in [-0.4, -0.2) is 31.3 Å². The first kappa shape index (κ1) is 17.7. The average molecular weight is 317 g/mol. The van der Waals surface area contributed by atoms with Crippen LogP contribution in [0.5, 0.6) is 5.75 Å². The number of rotatable bonds is 7. The number of anilines is 2. The molecule has 1 aromatic rings. The van der Waals surface area contributed by atoms with Crippen molar-refractivity contribution >= 4 is 17.5 Å². The molecule has 0 spiro atoms. The third-order valence-corrected chi connectivity index (χ3v) is 4.49. The van der Waals surface area contributed by atoms with Gasteiger partial charge in [0, 0.05) is 24.7 Å². The molecule has 2 N–H and O–H groups in total. The molecule has 0 fully saturated rings. The number of benzene rings is 1. The minimum atomic E-state index is 0.362. The quantitative estimate of drug-likeness (QED) is 0.766. The van der Waals surface area contributed by atoms with Crippen LogP contribution in [0.4, 0.5) is 11.4 Å². The molecule has 0 amide bonds. The van der Waals surface area contributed by atoms with Gasteiger partial charge in [0.05, 0.1) is 24.5 Å². The predicted molar refractivity (Wildman–Crippen MR) is 99.7 cm³/mol. The van der Waals surface area contributed by atoms with E-state index >= 15 is 0 Å². The largest absolute Gasteiger partial charge is 0.497 e. The van der Waals surface area contributed by atoms with Crippen molar-refractivity contribution in [1.29, 1.82) is 0 Å². The van der Waals surface area contributed by atoms with E-state index < -0.39 is 0 Å². The SMILES string of the molecule is CCN(CC)N1c2c(N)cc(OC)cc2C=CC1CCC(C)C. The van der Waals surface area contributed by atoms with Crippen molar-refractivity contribution in [3.05, 3.63) is 23.8 Å². The Balaban J connectivity index is 2.43. The van der Waals surface area contributed by atoms with E-state index in [1.165, 1.54) is 6.42 Å². The van der Waals surface area contributed by atoms with E-state index in [9.17, 15) is 0 Å². The Morgan fingerprint density at radius 3 is 2.52 bits per heavy atom. The molecule has 128 valence electrons. The van der Waals surface area contributed by atoms with Gasteiger partial charge >= 0.3 is 0 Å². The Hall–Kier alpha value is -1.68. The number of nitrogens with zero attached hydrogens (tertiary/aromatic N) is 2. The highest BCUT2D eigenvalue weighted by atomic mass is 16.5. The van der Waals surface area contributed by atoms with Crippen molar-refractivity contribution in [2.75, 3.05) is 30.9 Å². The monoisotopic (exact) mass is 317 g/mol. The van der Waals surface area contributed by atoms with Gasteiger partial charge in [0.25, 0.3) is 0 Å². The molecule has 0 radical (unpaired) electrons. The molecule has 0 saturated heterocycles. The highest BCUT2D eigenvalue weighted by molar-refractivity contribution is 5.83. The summed E-state index contributed by atoms with van der Waals surface area (Å²) in [5, 5.41) is 4.77. The second kappa shape index (κ2) is 7.73. The number of ether oxygens (including phenoxy) is 1. The summed E-state index contributed by atoms with van der Waals surface area (Å²) in [6.45, 7) is 10.9. The molecule has 1 atom stereocenters. The van der Waals surface area contributed by atoms with Gasteiger partial charge in [-0.15, -0.1) is 0 Å². The van der Waals surface area contributed by atoms with Crippen LogP contribution in [0.2, 0.25) is 0 Å². The van der Waals surface area contributed by atoms with Gasteiger partial charge in [-0.05, 0) is 24.8 Å². The van der Waals surface area contributed by atoms with Crippen molar-refractivity contribution in [2.24, 2.45) is 5.92 Å². The smallest absolute Gasteiger partial charge is 0.121 e. The molecule has 23 heavy (non-hydrogen) atoms.